The molecule has 1 aromatic rings. The molecular formula is C16H23N3O. The van der Waals surface area contributed by atoms with Crippen molar-refractivity contribution in [3.63, 3.8) is 0 Å². The number of aliphatic imine (C=N–C) groups is 1. The normalized spacial score (nSPS) is 23.0. The molecule has 1 saturated heterocycles. The van der Waals surface area contributed by atoms with Gasteiger partial charge < -0.3 is 15.8 Å². The molecule has 0 spiro atoms. The predicted molar refractivity (Wildman–Crippen MR) is 80.8 cm³/mol. The van der Waals surface area contributed by atoms with Crippen LogP contribution in [-0.4, -0.2) is 31.8 Å². The molecule has 3 N–H and O–H groups in total. The van der Waals surface area contributed by atoms with E-state index in [4.69, 9.17) is 10.5 Å². The quantitative estimate of drug-likeness (QED) is 0.645. The number of rotatable bonds is 4. The average Bonchev–Trinajstić information content (AvgIpc) is 3.11. The van der Waals surface area contributed by atoms with Gasteiger partial charge in [-0.25, -0.2) is 0 Å². The maximum absolute atomic E-state index is 5.92. The number of hydrogen-bond acceptors (Lipinski definition) is 2. The number of guanidine groups is 1. The number of fused-ring (bicyclic) bond motifs is 1. The van der Waals surface area contributed by atoms with Gasteiger partial charge in [-0.05, 0) is 42.7 Å². The Bertz CT molecular complexity index is 455. The van der Waals surface area contributed by atoms with Crippen LogP contribution in [0.5, 0.6) is 0 Å². The van der Waals surface area contributed by atoms with Crippen molar-refractivity contribution in [2.24, 2.45) is 16.6 Å². The summed E-state index contributed by atoms with van der Waals surface area (Å²) in [6.45, 7) is 2.46. The molecule has 4 heteroatoms. The fourth-order valence-corrected chi connectivity index (χ4v) is 3.09. The second kappa shape index (κ2) is 6.27. The van der Waals surface area contributed by atoms with Crippen molar-refractivity contribution in [3.8, 4) is 0 Å². The number of nitrogens with one attached hydrogen (secondary N) is 1. The van der Waals surface area contributed by atoms with Gasteiger partial charge in [-0.2, -0.15) is 0 Å². The summed E-state index contributed by atoms with van der Waals surface area (Å²) >= 11 is 0. The zero-order chi connectivity index (χ0) is 13.8. The summed E-state index contributed by atoms with van der Waals surface area (Å²) in [5.74, 6) is 1.15. The molecular weight excluding hydrogens is 250 g/mol. The van der Waals surface area contributed by atoms with E-state index < -0.39 is 0 Å². The topological polar surface area (TPSA) is 59.6 Å². The third-order valence-corrected chi connectivity index (χ3v) is 4.19. The molecule has 108 valence electrons. The first-order valence-electron chi connectivity index (χ1n) is 7.53. The molecule has 1 fully saturated rings. The molecule has 0 aromatic heterocycles. The minimum Gasteiger partial charge on any atom is -0.376 e. The smallest absolute Gasteiger partial charge is 0.188 e. The first kappa shape index (κ1) is 13.4. The van der Waals surface area contributed by atoms with Crippen LogP contribution in [0.3, 0.4) is 0 Å². The first-order chi connectivity index (χ1) is 9.81. The second-order valence-electron chi connectivity index (χ2n) is 5.78. The van der Waals surface area contributed by atoms with Gasteiger partial charge in [0.25, 0.3) is 0 Å². The monoisotopic (exact) mass is 273 g/mol. The summed E-state index contributed by atoms with van der Waals surface area (Å²) in [7, 11) is 0. The summed E-state index contributed by atoms with van der Waals surface area (Å²) in [5, 5.41) is 3.17. The first-order valence-corrected chi connectivity index (χ1v) is 7.53. The molecule has 3 rings (SSSR count). The molecule has 0 radical (unpaired) electrons. The van der Waals surface area contributed by atoms with Crippen LogP contribution in [0, 0.1) is 5.92 Å². The molecule has 1 aromatic carbocycles. The lowest BCUT2D eigenvalue weighted by Crippen LogP contribution is -2.37. The molecule has 1 heterocycles. The van der Waals surface area contributed by atoms with Gasteiger partial charge in [0, 0.05) is 19.7 Å². The molecule has 2 aliphatic rings. The summed E-state index contributed by atoms with van der Waals surface area (Å²) < 4.78 is 5.55. The van der Waals surface area contributed by atoms with Crippen LogP contribution < -0.4 is 11.1 Å². The maximum Gasteiger partial charge on any atom is 0.188 e. The third-order valence-electron chi connectivity index (χ3n) is 4.19. The van der Waals surface area contributed by atoms with Gasteiger partial charge in [0.2, 0.25) is 0 Å². The Labute approximate surface area is 120 Å². The second-order valence-corrected chi connectivity index (χ2v) is 5.78. The minimum absolute atomic E-state index is 0.305. The number of nitrogens with two attached hydrogens (primary N) is 1. The SMILES string of the molecule is NC(=NCC1Cc2ccccc2C1)NCC1CCCO1. The third kappa shape index (κ3) is 3.31. The standard InChI is InChI=1S/C16H23N3O/c17-16(19-11-15-6-3-7-20-15)18-10-12-8-13-4-1-2-5-14(13)9-12/h1-2,4-5,12,15H,3,6-11H2,(H3,17,18,19). The fraction of sp³-hybridized carbons (Fsp3) is 0.562. The van der Waals surface area contributed by atoms with Crippen LogP contribution in [-0.2, 0) is 17.6 Å². The summed E-state index contributed by atoms with van der Waals surface area (Å²) in [4.78, 5) is 4.48. The average molecular weight is 273 g/mol. The molecule has 20 heavy (non-hydrogen) atoms. The summed E-state index contributed by atoms with van der Waals surface area (Å²) in [6.07, 6.45) is 4.83. The Morgan fingerprint density at radius 3 is 2.70 bits per heavy atom. The van der Waals surface area contributed by atoms with Crippen molar-refractivity contribution < 1.29 is 4.74 Å². The Balaban J connectivity index is 1.43. The van der Waals surface area contributed by atoms with Crippen molar-refractivity contribution in [3.05, 3.63) is 35.4 Å². The van der Waals surface area contributed by atoms with Crippen LogP contribution in [0.15, 0.2) is 29.3 Å². The molecule has 0 amide bonds. The highest BCUT2D eigenvalue weighted by Crippen LogP contribution is 2.26. The highest BCUT2D eigenvalue weighted by molar-refractivity contribution is 5.77. The van der Waals surface area contributed by atoms with E-state index in [1.165, 1.54) is 11.1 Å². The highest BCUT2D eigenvalue weighted by atomic mass is 16.5. The number of nitrogens with zero attached hydrogens (tertiary/aromatic N) is 1. The van der Waals surface area contributed by atoms with Crippen molar-refractivity contribution in [1.82, 2.24) is 5.32 Å². The molecule has 1 atom stereocenters. The summed E-state index contributed by atoms with van der Waals surface area (Å²) in [6, 6.07) is 8.67. The van der Waals surface area contributed by atoms with E-state index in [0.717, 1.165) is 45.4 Å². The maximum atomic E-state index is 5.92. The van der Waals surface area contributed by atoms with Gasteiger partial charge >= 0.3 is 0 Å². The van der Waals surface area contributed by atoms with Gasteiger partial charge in [-0.15, -0.1) is 0 Å². The van der Waals surface area contributed by atoms with Crippen molar-refractivity contribution in [1.29, 1.82) is 0 Å². The van der Waals surface area contributed by atoms with E-state index in [1.54, 1.807) is 0 Å². The van der Waals surface area contributed by atoms with Crippen LogP contribution in [0.1, 0.15) is 24.0 Å². The fourth-order valence-electron chi connectivity index (χ4n) is 3.09. The summed E-state index contributed by atoms with van der Waals surface area (Å²) in [5.41, 5.74) is 8.86. The van der Waals surface area contributed by atoms with E-state index >= 15 is 0 Å². The van der Waals surface area contributed by atoms with E-state index in [0.29, 0.717) is 18.0 Å². The van der Waals surface area contributed by atoms with E-state index in [2.05, 4.69) is 34.6 Å². The Morgan fingerprint density at radius 1 is 1.30 bits per heavy atom. The molecule has 0 saturated carbocycles. The predicted octanol–water partition coefficient (Wildman–Crippen LogP) is 1.48. The van der Waals surface area contributed by atoms with Crippen LogP contribution in [0.4, 0.5) is 0 Å². The van der Waals surface area contributed by atoms with E-state index in [-0.39, 0.29) is 0 Å². The Morgan fingerprint density at radius 2 is 2.05 bits per heavy atom. The number of benzene rings is 1. The van der Waals surface area contributed by atoms with Gasteiger partial charge in [0.1, 0.15) is 0 Å². The lowest BCUT2D eigenvalue weighted by molar-refractivity contribution is 0.114. The Hall–Kier alpha value is -1.55. The van der Waals surface area contributed by atoms with Gasteiger partial charge in [-0.3, -0.25) is 4.99 Å². The largest absolute Gasteiger partial charge is 0.376 e. The molecule has 1 unspecified atom stereocenters. The van der Waals surface area contributed by atoms with Gasteiger partial charge in [0.05, 0.1) is 6.10 Å². The highest BCUT2D eigenvalue weighted by Gasteiger charge is 2.20. The molecule has 1 aliphatic carbocycles. The lowest BCUT2D eigenvalue weighted by atomic mass is 10.1. The van der Waals surface area contributed by atoms with E-state index in [1.807, 2.05) is 0 Å². The molecule has 1 aliphatic heterocycles. The zero-order valence-electron chi connectivity index (χ0n) is 11.8. The van der Waals surface area contributed by atoms with Crippen molar-refractivity contribution in [2.75, 3.05) is 19.7 Å². The Kier molecular flexibility index (Phi) is 4.21. The molecule has 4 nitrogen and oxygen atoms in total. The van der Waals surface area contributed by atoms with Crippen LogP contribution >= 0.6 is 0 Å². The lowest BCUT2D eigenvalue weighted by Gasteiger charge is -2.12. The van der Waals surface area contributed by atoms with Crippen molar-refractivity contribution >= 4 is 5.96 Å². The van der Waals surface area contributed by atoms with Crippen LogP contribution in [0.2, 0.25) is 0 Å². The van der Waals surface area contributed by atoms with Crippen molar-refractivity contribution in [2.45, 2.75) is 31.8 Å². The zero-order valence-corrected chi connectivity index (χ0v) is 11.8. The van der Waals surface area contributed by atoms with Gasteiger partial charge in [0.15, 0.2) is 5.96 Å². The molecule has 0 bridgehead atoms. The number of hydrogen-bond donors (Lipinski definition) is 2. The number of ether oxygens (including phenoxy) is 1. The van der Waals surface area contributed by atoms with Crippen LogP contribution in [0.25, 0.3) is 0 Å². The van der Waals surface area contributed by atoms with E-state index in [9.17, 15) is 0 Å². The van der Waals surface area contributed by atoms with Gasteiger partial charge in [-0.1, -0.05) is 24.3 Å². The minimum atomic E-state index is 0.305.